The molecule has 0 aromatic carbocycles. The highest BCUT2D eigenvalue weighted by molar-refractivity contribution is 5.97. The van der Waals surface area contributed by atoms with Gasteiger partial charge in [-0.3, -0.25) is 0 Å². The summed E-state index contributed by atoms with van der Waals surface area (Å²) in [5.74, 6) is 0. The average Bonchev–Trinajstić information content (AvgIpc) is 2.00. The molecule has 0 radical (unpaired) electrons. The van der Waals surface area contributed by atoms with Gasteiger partial charge in [0.1, 0.15) is 0 Å². The predicted octanol–water partition coefficient (Wildman–Crippen LogP) is 1.71. The first-order valence-electron chi connectivity index (χ1n) is 3.64. The number of allylic oxidation sites excluding steroid dienone is 1. The number of nitrogens with two attached hydrogens (primary N) is 1. The van der Waals surface area contributed by atoms with Crippen molar-refractivity contribution >= 4 is 5.71 Å². The van der Waals surface area contributed by atoms with E-state index in [-0.39, 0.29) is 0 Å². The van der Waals surface area contributed by atoms with Crippen LogP contribution in [-0.4, -0.2) is 12.8 Å². The number of hydrogen-bond donors (Lipinski definition) is 2. The van der Waals surface area contributed by atoms with Gasteiger partial charge < -0.3 is 11.1 Å². The molecule has 2 heteroatoms. The molecule has 0 atom stereocenters. The van der Waals surface area contributed by atoms with Crippen molar-refractivity contribution in [3.8, 4) is 0 Å². The lowest BCUT2D eigenvalue weighted by atomic mass is 9.94. The van der Waals surface area contributed by atoms with Crippen LogP contribution in [0.1, 0.15) is 25.7 Å². The highest BCUT2D eigenvalue weighted by Crippen LogP contribution is 2.17. The highest BCUT2D eigenvalue weighted by Gasteiger charge is 2.07. The molecule has 1 aliphatic rings. The third-order valence-corrected chi connectivity index (χ3v) is 1.58. The van der Waals surface area contributed by atoms with Crippen molar-refractivity contribution in [2.75, 3.05) is 7.05 Å². The monoisotopic (exact) mass is 140 g/mol. The summed E-state index contributed by atoms with van der Waals surface area (Å²) in [6.07, 6.45) is 4.44. The summed E-state index contributed by atoms with van der Waals surface area (Å²) >= 11 is 0. The van der Waals surface area contributed by atoms with Crippen LogP contribution in [-0.2, 0) is 0 Å². The van der Waals surface area contributed by atoms with E-state index in [1.54, 1.807) is 0 Å². The van der Waals surface area contributed by atoms with Crippen molar-refractivity contribution < 1.29 is 0 Å². The molecule has 0 unspecified atom stereocenters. The van der Waals surface area contributed by atoms with E-state index in [0.29, 0.717) is 0 Å². The van der Waals surface area contributed by atoms with Crippen LogP contribution >= 0.6 is 0 Å². The first-order valence-corrected chi connectivity index (χ1v) is 3.64. The number of nitrogens with one attached hydrogen (secondary N) is 1. The van der Waals surface area contributed by atoms with Gasteiger partial charge in [-0.1, -0.05) is 6.58 Å². The molecule has 0 amide bonds. The number of hydrogen-bond acceptors (Lipinski definition) is 2. The van der Waals surface area contributed by atoms with Gasteiger partial charge in [-0.25, -0.2) is 0 Å². The fraction of sp³-hybridized carbons (Fsp3) is 0.625. The average molecular weight is 140 g/mol. The molecule has 0 aliphatic heterocycles. The molecule has 0 spiro atoms. The maximum absolute atomic E-state index is 7.30. The van der Waals surface area contributed by atoms with Crippen LogP contribution in [0.5, 0.6) is 0 Å². The van der Waals surface area contributed by atoms with Gasteiger partial charge in [0.2, 0.25) is 0 Å². The summed E-state index contributed by atoms with van der Waals surface area (Å²) in [7, 11) is 1.50. The minimum Gasteiger partial charge on any atom is -0.333 e. The van der Waals surface area contributed by atoms with Gasteiger partial charge in [0.25, 0.3) is 0 Å². The van der Waals surface area contributed by atoms with Gasteiger partial charge in [0.15, 0.2) is 0 Å². The lowest BCUT2D eigenvalue weighted by Gasteiger charge is -2.12. The Bertz CT molecular complexity index is 111. The molecule has 0 heterocycles. The van der Waals surface area contributed by atoms with Gasteiger partial charge in [-0.05, 0) is 38.3 Å². The van der Waals surface area contributed by atoms with E-state index in [1.165, 1.54) is 19.9 Å². The largest absolute Gasteiger partial charge is 0.333 e. The van der Waals surface area contributed by atoms with E-state index in [4.69, 9.17) is 5.41 Å². The topological polar surface area (TPSA) is 49.9 Å². The molecule has 1 aliphatic carbocycles. The Morgan fingerprint density at radius 3 is 2.10 bits per heavy atom. The van der Waals surface area contributed by atoms with E-state index in [9.17, 15) is 0 Å². The van der Waals surface area contributed by atoms with E-state index in [0.717, 1.165) is 24.1 Å². The molecular formula is C8H16N2. The van der Waals surface area contributed by atoms with Crippen molar-refractivity contribution in [1.82, 2.24) is 0 Å². The summed E-state index contributed by atoms with van der Waals surface area (Å²) in [6, 6.07) is 0. The normalized spacial score (nSPS) is 17.8. The Labute approximate surface area is 62.6 Å². The van der Waals surface area contributed by atoms with Crippen LogP contribution < -0.4 is 5.73 Å². The van der Waals surface area contributed by atoms with E-state index in [2.05, 4.69) is 12.3 Å². The smallest absolute Gasteiger partial charge is 0.0339 e. The summed E-state index contributed by atoms with van der Waals surface area (Å²) in [5.41, 5.74) is 6.33. The minimum absolute atomic E-state index is 0.774. The van der Waals surface area contributed by atoms with Gasteiger partial charge in [0.05, 0.1) is 0 Å². The Hall–Kier alpha value is -0.630. The second kappa shape index (κ2) is 5.18. The zero-order valence-electron chi connectivity index (χ0n) is 6.61. The second-order valence-electron chi connectivity index (χ2n) is 2.29. The molecule has 0 saturated heterocycles. The van der Waals surface area contributed by atoms with Crippen LogP contribution in [0.4, 0.5) is 0 Å². The summed E-state index contributed by atoms with van der Waals surface area (Å²) in [6.45, 7) is 3.77. The summed E-state index contributed by atoms with van der Waals surface area (Å²) < 4.78 is 0. The Morgan fingerprint density at radius 1 is 1.30 bits per heavy atom. The SMILES string of the molecule is C=C1CCCCC1=N.CN. The lowest BCUT2D eigenvalue weighted by Crippen LogP contribution is -2.05. The Kier molecular flexibility index (Phi) is 4.85. The van der Waals surface area contributed by atoms with E-state index < -0.39 is 0 Å². The quantitative estimate of drug-likeness (QED) is 0.528. The Balaban J connectivity index is 0.000000371. The molecule has 58 valence electrons. The van der Waals surface area contributed by atoms with Crippen molar-refractivity contribution in [2.24, 2.45) is 5.73 Å². The van der Waals surface area contributed by atoms with Crippen LogP contribution in [0.2, 0.25) is 0 Å². The van der Waals surface area contributed by atoms with E-state index in [1.807, 2.05) is 0 Å². The standard InChI is InChI=1S/C7H11N.CH5N/c1-6-4-2-3-5-7(6)8;1-2/h8H,1-5H2;2H2,1H3. The fourth-order valence-corrected chi connectivity index (χ4v) is 0.968. The molecule has 0 aromatic rings. The molecule has 1 saturated carbocycles. The van der Waals surface area contributed by atoms with Crippen molar-refractivity contribution in [2.45, 2.75) is 25.7 Å². The van der Waals surface area contributed by atoms with E-state index >= 15 is 0 Å². The van der Waals surface area contributed by atoms with Crippen LogP contribution in [0.25, 0.3) is 0 Å². The molecule has 1 rings (SSSR count). The third kappa shape index (κ3) is 2.78. The molecule has 3 N–H and O–H groups in total. The minimum atomic E-state index is 0.774. The second-order valence-corrected chi connectivity index (χ2v) is 2.29. The van der Waals surface area contributed by atoms with Crippen molar-refractivity contribution in [3.05, 3.63) is 12.2 Å². The molecule has 2 nitrogen and oxygen atoms in total. The van der Waals surface area contributed by atoms with Crippen molar-refractivity contribution in [3.63, 3.8) is 0 Å². The lowest BCUT2D eigenvalue weighted by molar-refractivity contribution is 0.732. The molecule has 1 fully saturated rings. The van der Waals surface area contributed by atoms with Gasteiger partial charge in [-0.2, -0.15) is 0 Å². The summed E-state index contributed by atoms with van der Waals surface area (Å²) in [4.78, 5) is 0. The third-order valence-electron chi connectivity index (χ3n) is 1.58. The molecule has 0 bridgehead atoms. The van der Waals surface area contributed by atoms with Gasteiger partial charge in [-0.15, -0.1) is 0 Å². The highest BCUT2D eigenvalue weighted by atomic mass is 14.4. The van der Waals surface area contributed by atoms with Crippen LogP contribution in [0, 0.1) is 5.41 Å². The molecule has 10 heavy (non-hydrogen) atoms. The Morgan fingerprint density at radius 2 is 1.80 bits per heavy atom. The van der Waals surface area contributed by atoms with Gasteiger partial charge >= 0.3 is 0 Å². The molecule has 0 aromatic heterocycles. The van der Waals surface area contributed by atoms with Crippen LogP contribution in [0.15, 0.2) is 12.2 Å². The van der Waals surface area contributed by atoms with Crippen LogP contribution in [0.3, 0.4) is 0 Å². The number of rotatable bonds is 0. The zero-order valence-corrected chi connectivity index (χ0v) is 6.61. The maximum atomic E-state index is 7.30. The predicted molar refractivity (Wildman–Crippen MR) is 45.4 cm³/mol. The zero-order chi connectivity index (χ0) is 7.98. The van der Waals surface area contributed by atoms with Gasteiger partial charge in [0, 0.05) is 5.71 Å². The molecular weight excluding hydrogens is 124 g/mol. The van der Waals surface area contributed by atoms with Crippen molar-refractivity contribution in [1.29, 1.82) is 5.41 Å². The first-order chi connectivity index (χ1) is 4.80. The fourth-order valence-electron chi connectivity index (χ4n) is 0.968. The maximum Gasteiger partial charge on any atom is 0.0339 e. The first kappa shape index (κ1) is 9.37. The summed E-state index contributed by atoms with van der Waals surface area (Å²) in [5, 5.41) is 7.30.